The topological polar surface area (TPSA) is 71.3 Å². The maximum atomic E-state index is 14.9. The Bertz CT molecular complexity index is 1140. The molecule has 1 saturated carbocycles. The van der Waals surface area contributed by atoms with E-state index < -0.39 is 17.2 Å². The number of alkyl halides is 1. The summed E-state index contributed by atoms with van der Waals surface area (Å²) in [6.07, 6.45) is 3.20. The molecule has 0 spiro atoms. The molecule has 0 bridgehead atoms. The van der Waals surface area contributed by atoms with E-state index in [1.807, 2.05) is 24.3 Å². The van der Waals surface area contributed by atoms with Gasteiger partial charge in [0.05, 0.1) is 5.52 Å². The van der Waals surface area contributed by atoms with Crippen molar-refractivity contribution in [3.05, 3.63) is 64.2 Å². The number of carbonyl (C=O) groups is 1. The monoisotopic (exact) mass is 432 g/mol. The SMILES string of the molecule is O=C(O)c1cn(C2CC2)c2cc(-c3ccc(SNCCCl)cc3)c(F)cc2c1=O. The molecule has 2 N–H and O–H groups in total. The van der Waals surface area contributed by atoms with Crippen LogP contribution in [0.5, 0.6) is 0 Å². The third-order valence-corrected chi connectivity index (χ3v) is 5.89. The maximum absolute atomic E-state index is 14.9. The van der Waals surface area contributed by atoms with Gasteiger partial charge in [-0.2, -0.15) is 0 Å². The normalized spacial score (nSPS) is 13.7. The largest absolute Gasteiger partial charge is 0.477 e. The minimum absolute atomic E-state index is 0.0931. The van der Waals surface area contributed by atoms with Crippen LogP contribution in [0.15, 0.2) is 52.3 Å². The van der Waals surface area contributed by atoms with E-state index in [0.717, 1.165) is 23.8 Å². The van der Waals surface area contributed by atoms with Gasteiger partial charge in [0.1, 0.15) is 11.4 Å². The van der Waals surface area contributed by atoms with Crippen molar-refractivity contribution in [3.63, 3.8) is 0 Å². The number of hydrogen-bond donors (Lipinski definition) is 2. The summed E-state index contributed by atoms with van der Waals surface area (Å²) in [7, 11) is 0. The average molecular weight is 433 g/mol. The minimum Gasteiger partial charge on any atom is -0.477 e. The first-order valence-electron chi connectivity index (χ1n) is 9.17. The fraction of sp³-hybridized carbons (Fsp3) is 0.238. The number of rotatable bonds is 7. The average Bonchev–Trinajstić information content (AvgIpc) is 3.54. The smallest absolute Gasteiger partial charge is 0.341 e. The van der Waals surface area contributed by atoms with Gasteiger partial charge in [0.25, 0.3) is 0 Å². The molecule has 2 aromatic carbocycles. The van der Waals surface area contributed by atoms with Crippen LogP contribution in [0.3, 0.4) is 0 Å². The molecule has 0 radical (unpaired) electrons. The van der Waals surface area contributed by atoms with Crippen LogP contribution in [-0.2, 0) is 0 Å². The fourth-order valence-corrected chi connectivity index (χ4v) is 4.12. The molecule has 4 rings (SSSR count). The molecule has 0 atom stereocenters. The molecule has 5 nitrogen and oxygen atoms in total. The summed E-state index contributed by atoms with van der Waals surface area (Å²) in [5, 5.41) is 9.43. The maximum Gasteiger partial charge on any atom is 0.341 e. The number of halogens is 2. The number of aromatic carboxylic acids is 1. The minimum atomic E-state index is -1.30. The lowest BCUT2D eigenvalue weighted by molar-refractivity contribution is 0.0695. The summed E-state index contributed by atoms with van der Waals surface area (Å²) in [4.78, 5) is 25.0. The highest BCUT2D eigenvalue weighted by molar-refractivity contribution is 7.97. The van der Waals surface area contributed by atoms with Crippen molar-refractivity contribution in [2.24, 2.45) is 0 Å². The molecule has 1 fully saturated rings. The number of aromatic nitrogens is 1. The van der Waals surface area contributed by atoms with Crippen LogP contribution in [0, 0.1) is 5.82 Å². The standard InChI is InChI=1S/C21H18ClFN2O3S/c22-7-8-24-29-14-5-1-12(2-6-14)15-10-19-16(9-18(15)23)20(26)17(21(27)28)11-25(19)13-3-4-13/h1-2,5-6,9-11,13,24H,3-4,7-8H2,(H,27,28). The van der Waals surface area contributed by atoms with Gasteiger partial charge in [0, 0.05) is 40.5 Å². The quantitative estimate of drug-likeness (QED) is 0.322. The Hall–Kier alpha value is -2.35. The van der Waals surface area contributed by atoms with Crippen LogP contribution in [0.2, 0.25) is 0 Å². The van der Waals surface area contributed by atoms with Gasteiger partial charge in [0.2, 0.25) is 5.43 Å². The summed E-state index contributed by atoms with van der Waals surface area (Å²) < 4.78 is 19.8. The molecule has 29 heavy (non-hydrogen) atoms. The third-order valence-electron chi connectivity index (χ3n) is 4.84. The summed E-state index contributed by atoms with van der Waals surface area (Å²) in [5.74, 6) is -1.34. The Morgan fingerprint density at radius 2 is 2.00 bits per heavy atom. The van der Waals surface area contributed by atoms with Gasteiger partial charge in [0.15, 0.2) is 0 Å². The number of hydrogen-bond acceptors (Lipinski definition) is 4. The molecule has 1 aliphatic carbocycles. The molecule has 0 aliphatic heterocycles. The Morgan fingerprint density at radius 3 is 2.62 bits per heavy atom. The Kier molecular flexibility index (Phi) is 5.63. The van der Waals surface area contributed by atoms with E-state index in [1.165, 1.54) is 18.1 Å². The highest BCUT2D eigenvalue weighted by Crippen LogP contribution is 2.38. The van der Waals surface area contributed by atoms with E-state index >= 15 is 0 Å². The lowest BCUT2D eigenvalue weighted by atomic mass is 10.0. The number of pyridine rings is 1. The number of carboxylic acid groups (broad SMARTS) is 1. The van der Waals surface area contributed by atoms with Crippen molar-refractivity contribution in [1.82, 2.24) is 9.29 Å². The molecule has 1 aliphatic rings. The molecule has 1 aromatic heterocycles. The summed E-state index contributed by atoms with van der Waals surface area (Å²) >= 11 is 7.09. The van der Waals surface area contributed by atoms with Crippen LogP contribution in [0.1, 0.15) is 29.2 Å². The van der Waals surface area contributed by atoms with Crippen molar-refractivity contribution < 1.29 is 14.3 Å². The van der Waals surface area contributed by atoms with Crippen LogP contribution in [0.4, 0.5) is 4.39 Å². The Labute approximate surface area is 175 Å². The molecule has 0 saturated heterocycles. The van der Waals surface area contributed by atoms with Crippen LogP contribution >= 0.6 is 23.5 Å². The van der Waals surface area contributed by atoms with Gasteiger partial charge in [-0.25, -0.2) is 9.18 Å². The summed E-state index contributed by atoms with van der Waals surface area (Å²) in [5.41, 5.74) is 0.623. The van der Waals surface area contributed by atoms with E-state index in [9.17, 15) is 19.1 Å². The van der Waals surface area contributed by atoms with Gasteiger partial charge < -0.3 is 9.67 Å². The van der Waals surface area contributed by atoms with Crippen molar-refractivity contribution >= 4 is 40.4 Å². The Morgan fingerprint density at radius 1 is 1.28 bits per heavy atom. The first-order valence-corrected chi connectivity index (χ1v) is 10.5. The molecule has 0 unspecified atom stereocenters. The van der Waals surface area contributed by atoms with Gasteiger partial charge in [-0.1, -0.05) is 12.1 Å². The lowest BCUT2D eigenvalue weighted by Gasteiger charge is -2.14. The van der Waals surface area contributed by atoms with Gasteiger partial charge in [-0.15, -0.1) is 11.6 Å². The molecular formula is C21H18ClFN2O3S. The molecule has 8 heteroatoms. The van der Waals surface area contributed by atoms with E-state index in [1.54, 1.807) is 10.6 Å². The summed E-state index contributed by atoms with van der Waals surface area (Å²) in [6, 6.07) is 10.3. The highest BCUT2D eigenvalue weighted by Gasteiger charge is 2.27. The molecular weight excluding hydrogens is 415 g/mol. The molecule has 150 valence electrons. The van der Waals surface area contributed by atoms with E-state index in [0.29, 0.717) is 29.1 Å². The van der Waals surface area contributed by atoms with Crippen LogP contribution < -0.4 is 10.2 Å². The van der Waals surface area contributed by atoms with Crippen molar-refractivity contribution in [2.75, 3.05) is 12.4 Å². The summed E-state index contributed by atoms with van der Waals surface area (Å²) in [6.45, 7) is 0.671. The Balaban J connectivity index is 1.79. The second-order valence-electron chi connectivity index (χ2n) is 6.87. The van der Waals surface area contributed by atoms with Crippen LogP contribution in [-0.4, -0.2) is 28.1 Å². The van der Waals surface area contributed by atoms with E-state index in [2.05, 4.69) is 4.72 Å². The predicted octanol–water partition coefficient (Wildman–Crippen LogP) is 4.68. The molecule has 3 aromatic rings. The molecule has 1 heterocycles. The lowest BCUT2D eigenvalue weighted by Crippen LogP contribution is -2.19. The van der Waals surface area contributed by atoms with E-state index in [4.69, 9.17) is 11.6 Å². The van der Waals surface area contributed by atoms with Crippen molar-refractivity contribution in [3.8, 4) is 11.1 Å². The second-order valence-corrected chi connectivity index (χ2v) is 8.22. The first-order chi connectivity index (χ1) is 14.0. The van der Waals surface area contributed by atoms with Crippen LogP contribution in [0.25, 0.3) is 22.0 Å². The number of fused-ring (bicyclic) bond motifs is 1. The highest BCUT2D eigenvalue weighted by atomic mass is 35.5. The van der Waals surface area contributed by atoms with E-state index in [-0.39, 0.29) is 17.0 Å². The van der Waals surface area contributed by atoms with Gasteiger partial charge in [-0.05, 0) is 54.6 Å². The second kappa shape index (κ2) is 8.18. The zero-order valence-corrected chi connectivity index (χ0v) is 16.9. The predicted molar refractivity (Wildman–Crippen MR) is 113 cm³/mol. The third kappa shape index (κ3) is 4.03. The molecule has 0 amide bonds. The number of nitrogens with one attached hydrogen (secondary N) is 1. The van der Waals surface area contributed by atoms with Gasteiger partial charge in [-0.3, -0.25) is 9.52 Å². The zero-order valence-electron chi connectivity index (χ0n) is 15.3. The number of carboxylic acids is 1. The zero-order chi connectivity index (χ0) is 20.5. The fourth-order valence-electron chi connectivity index (χ4n) is 3.27. The number of nitrogens with zero attached hydrogens (tertiary/aromatic N) is 1. The number of benzene rings is 2. The van der Waals surface area contributed by atoms with Gasteiger partial charge >= 0.3 is 5.97 Å². The van der Waals surface area contributed by atoms with Crippen molar-refractivity contribution in [1.29, 1.82) is 0 Å². The van der Waals surface area contributed by atoms with Crippen molar-refractivity contribution in [2.45, 2.75) is 23.8 Å². The first kappa shape index (κ1) is 19.9.